The highest BCUT2D eigenvalue weighted by Gasteiger charge is 2.27. The van der Waals surface area contributed by atoms with Gasteiger partial charge in [-0.3, -0.25) is 19.8 Å². The van der Waals surface area contributed by atoms with Crippen molar-refractivity contribution in [3.63, 3.8) is 0 Å². The van der Waals surface area contributed by atoms with Crippen LogP contribution in [0.4, 0.5) is 11.6 Å². The SMILES string of the molecule is CC(C)c1ccnc(N2CCN(Cc3cnc(CN4CCN(c5nccc(C(C)C)c5C(=O)O)CC4)cn3)CC2)c1C(=O)O. The van der Waals surface area contributed by atoms with E-state index in [-0.39, 0.29) is 11.8 Å². The first-order valence-corrected chi connectivity index (χ1v) is 15.3. The van der Waals surface area contributed by atoms with Gasteiger partial charge >= 0.3 is 11.9 Å². The van der Waals surface area contributed by atoms with Gasteiger partial charge in [0.2, 0.25) is 0 Å². The molecule has 0 saturated carbocycles. The van der Waals surface area contributed by atoms with Crippen LogP contribution < -0.4 is 9.80 Å². The van der Waals surface area contributed by atoms with Gasteiger partial charge in [0, 0.05) is 77.8 Å². The van der Waals surface area contributed by atoms with Crippen LogP contribution in [0.15, 0.2) is 36.9 Å². The maximum Gasteiger partial charge on any atom is 0.339 e. The lowest BCUT2D eigenvalue weighted by atomic mass is 9.98. The molecule has 12 heteroatoms. The number of hydrogen-bond acceptors (Lipinski definition) is 10. The zero-order valence-electron chi connectivity index (χ0n) is 26.0. The molecule has 3 aromatic heterocycles. The lowest BCUT2D eigenvalue weighted by molar-refractivity contribution is 0.0684. The quantitative estimate of drug-likeness (QED) is 0.351. The molecule has 0 spiro atoms. The molecule has 0 aliphatic carbocycles. The third-order valence-electron chi connectivity index (χ3n) is 8.47. The highest BCUT2D eigenvalue weighted by atomic mass is 16.4. The van der Waals surface area contributed by atoms with Gasteiger partial charge in [-0.05, 0) is 35.1 Å². The summed E-state index contributed by atoms with van der Waals surface area (Å²) in [7, 11) is 0. The highest BCUT2D eigenvalue weighted by Crippen LogP contribution is 2.29. The fourth-order valence-electron chi connectivity index (χ4n) is 6.05. The Morgan fingerprint density at radius 1 is 0.636 bits per heavy atom. The zero-order valence-corrected chi connectivity index (χ0v) is 26.0. The van der Waals surface area contributed by atoms with Crippen molar-refractivity contribution in [1.29, 1.82) is 0 Å². The molecule has 0 amide bonds. The number of aromatic nitrogens is 4. The van der Waals surface area contributed by atoms with Crippen molar-refractivity contribution in [3.05, 3.63) is 70.6 Å². The maximum absolute atomic E-state index is 12.1. The van der Waals surface area contributed by atoms with E-state index in [1.54, 1.807) is 24.5 Å². The predicted octanol–water partition coefficient (Wildman–Crippen LogP) is 3.55. The van der Waals surface area contributed by atoms with E-state index in [2.05, 4.69) is 39.5 Å². The Hall–Kier alpha value is -4.16. The summed E-state index contributed by atoms with van der Waals surface area (Å²) in [6.45, 7) is 15.2. The fraction of sp³-hybridized carbons (Fsp3) is 0.500. The van der Waals surface area contributed by atoms with E-state index in [1.807, 2.05) is 40.1 Å². The van der Waals surface area contributed by atoms with E-state index in [9.17, 15) is 19.8 Å². The molecule has 2 N–H and O–H groups in total. The molecule has 0 aromatic carbocycles. The molecule has 44 heavy (non-hydrogen) atoms. The molecule has 0 radical (unpaired) electrons. The number of nitrogens with zero attached hydrogens (tertiary/aromatic N) is 8. The summed E-state index contributed by atoms with van der Waals surface area (Å²) >= 11 is 0. The Labute approximate surface area is 258 Å². The van der Waals surface area contributed by atoms with E-state index in [1.165, 1.54) is 0 Å². The summed E-state index contributed by atoms with van der Waals surface area (Å²) in [4.78, 5) is 51.1. The van der Waals surface area contributed by atoms with Crippen molar-refractivity contribution >= 4 is 23.6 Å². The molecule has 3 aromatic rings. The summed E-state index contributed by atoms with van der Waals surface area (Å²) in [6, 6.07) is 3.61. The number of carbonyl (C=O) groups is 2. The van der Waals surface area contributed by atoms with Crippen LogP contribution in [0.3, 0.4) is 0 Å². The summed E-state index contributed by atoms with van der Waals surface area (Å²) in [5.41, 5.74) is 4.03. The molecule has 0 bridgehead atoms. The second-order valence-corrected chi connectivity index (χ2v) is 12.1. The first kappa shape index (κ1) is 31.3. The van der Waals surface area contributed by atoms with Crippen molar-refractivity contribution in [2.75, 3.05) is 62.2 Å². The Kier molecular flexibility index (Phi) is 9.70. The van der Waals surface area contributed by atoms with Gasteiger partial charge in [-0.2, -0.15) is 0 Å². The fourth-order valence-corrected chi connectivity index (χ4v) is 6.05. The third-order valence-corrected chi connectivity index (χ3v) is 8.47. The molecule has 2 aliphatic rings. The number of piperazine rings is 2. The molecule has 2 fully saturated rings. The minimum Gasteiger partial charge on any atom is -0.478 e. The third kappa shape index (κ3) is 6.97. The monoisotopic (exact) mass is 602 g/mol. The second kappa shape index (κ2) is 13.6. The topological polar surface area (TPSA) is 139 Å². The summed E-state index contributed by atoms with van der Waals surface area (Å²) in [5.74, 6) is -0.555. The normalized spacial score (nSPS) is 16.6. The molecule has 234 valence electrons. The number of aromatic carboxylic acids is 2. The zero-order chi connectivity index (χ0) is 31.4. The largest absolute Gasteiger partial charge is 0.478 e. The van der Waals surface area contributed by atoms with Crippen LogP contribution in [0.25, 0.3) is 0 Å². The standard InChI is InChI=1S/C32H42N8O4/c1-21(2)25-5-7-33-29(27(25)31(41)42)39-13-9-37(10-14-39)19-23-17-36-24(18-35-23)20-38-11-15-40(16-12-38)30-28(32(43)44)26(22(3)4)6-8-34-30/h5-8,17-18,21-22H,9-16,19-20H2,1-4H3,(H,41,42)(H,43,44). The minimum absolute atomic E-state index is 0.104. The van der Waals surface area contributed by atoms with Crippen molar-refractivity contribution < 1.29 is 19.8 Å². The number of hydrogen-bond donors (Lipinski definition) is 2. The van der Waals surface area contributed by atoms with Crippen LogP contribution in [-0.4, -0.2) is 104 Å². The van der Waals surface area contributed by atoms with E-state index in [0.717, 1.165) is 48.7 Å². The van der Waals surface area contributed by atoms with Gasteiger partial charge < -0.3 is 20.0 Å². The molecule has 12 nitrogen and oxygen atoms in total. The molecule has 0 unspecified atom stereocenters. The van der Waals surface area contributed by atoms with Gasteiger partial charge in [-0.25, -0.2) is 19.6 Å². The molecular formula is C32H42N8O4. The summed E-state index contributed by atoms with van der Waals surface area (Å²) < 4.78 is 0. The smallest absolute Gasteiger partial charge is 0.339 e. The second-order valence-electron chi connectivity index (χ2n) is 12.1. The molecule has 0 atom stereocenters. The number of carboxylic acid groups (broad SMARTS) is 2. The van der Waals surface area contributed by atoms with Gasteiger partial charge in [-0.15, -0.1) is 0 Å². The van der Waals surface area contributed by atoms with Gasteiger partial charge in [0.05, 0.1) is 23.8 Å². The lowest BCUT2D eigenvalue weighted by Crippen LogP contribution is -2.47. The predicted molar refractivity (Wildman–Crippen MR) is 168 cm³/mol. The van der Waals surface area contributed by atoms with Crippen LogP contribution in [0.5, 0.6) is 0 Å². The van der Waals surface area contributed by atoms with Crippen LogP contribution in [0.1, 0.15) is 82.8 Å². The van der Waals surface area contributed by atoms with E-state index in [0.29, 0.717) is 62.0 Å². The van der Waals surface area contributed by atoms with Crippen molar-refractivity contribution in [2.24, 2.45) is 0 Å². The van der Waals surface area contributed by atoms with E-state index >= 15 is 0 Å². The number of pyridine rings is 2. The minimum atomic E-state index is -0.933. The Morgan fingerprint density at radius 2 is 1.00 bits per heavy atom. The van der Waals surface area contributed by atoms with Crippen molar-refractivity contribution in [2.45, 2.75) is 52.6 Å². The first-order chi connectivity index (χ1) is 21.1. The van der Waals surface area contributed by atoms with Gasteiger partial charge in [-0.1, -0.05) is 27.7 Å². The van der Waals surface area contributed by atoms with Crippen LogP contribution in [-0.2, 0) is 13.1 Å². The number of rotatable bonds is 10. The van der Waals surface area contributed by atoms with Crippen LogP contribution in [0, 0.1) is 0 Å². The van der Waals surface area contributed by atoms with E-state index in [4.69, 9.17) is 0 Å². The van der Waals surface area contributed by atoms with Crippen molar-refractivity contribution in [1.82, 2.24) is 29.7 Å². The summed E-state index contributed by atoms with van der Waals surface area (Å²) in [6.07, 6.45) is 7.10. The Balaban J connectivity index is 1.12. The van der Waals surface area contributed by atoms with Gasteiger partial charge in [0.25, 0.3) is 0 Å². The number of anilines is 2. The molecule has 2 saturated heterocycles. The van der Waals surface area contributed by atoms with Gasteiger partial charge in [0.1, 0.15) is 22.8 Å². The number of carboxylic acids is 2. The average molecular weight is 603 g/mol. The first-order valence-electron chi connectivity index (χ1n) is 15.3. The average Bonchev–Trinajstić information content (AvgIpc) is 3.02. The molecule has 5 heterocycles. The van der Waals surface area contributed by atoms with Crippen molar-refractivity contribution in [3.8, 4) is 0 Å². The van der Waals surface area contributed by atoms with Crippen LogP contribution >= 0.6 is 0 Å². The Bertz CT molecular complexity index is 1350. The van der Waals surface area contributed by atoms with E-state index < -0.39 is 11.9 Å². The lowest BCUT2D eigenvalue weighted by Gasteiger charge is -2.36. The summed E-state index contributed by atoms with van der Waals surface area (Å²) in [5, 5.41) is 19.8. The highest BCUT2D eigenvalue weighted by molar-refractivity contribution is 5.96. The molecule has 5 rings (SSSR count). The molecular weight excluding hydrogens is 560 g/mol. The van der Waals surface area contributed by atoms with Gasteiger partial charge in [0.15, 0.2) is 0 Å². The Morgan fingerprint density at radius 3 is 1.30 bits per heavy atom. The van der Waals surface area contributed by atoms with Crippen LogP contribution in [0.2, 0.25) is 0 Å². The maximum atomic E-state index is 12.1. The molecule has 2 aliphatic heterocycles.